The quantitative estimate of drug-likeness (QED) is 0.823. The molecular formula is C22H29N2O3+. The highest BCUT2D eigenvalue weighted by Gasteiger charge is 2.33. The van der Waals surface area contributed by atoms with Gasteiger partial charge in [0.25, 0.3) is 5.91 Å². The van der Waals surface area contributed by atoms with E-state index >= 15 is 0 Å². The van der Waals surface area contributed by atoms with E-state index in [2.05, 4.69) is 25.2 Å². The van der Waals surface area contributed by atoms with Gasteiger partial charge in [-0.05, 0) is 49.2 Å². The highest BCUT2D eigenvalue weighted by molar-refractivity contribution is 5.91. The Balaban J connectivity index is 1.71. The molecule has 1 fully saturated rings. The molecule has 2 aromatic rings. The zero-order valence-corrected chi connectivity index (χ0v) is 16.6. The van der Waals surface area contributed by atoms with Crippen LogP contribution in [0, 0.1) is 13.8 Å². The molecule has 1 saturated heterocycles. The number of methoxy groups -OCH3 is 2. The Kier molecular flexibility index (Phi) is 6.01. The second-order valence-corrected chi connectivity index (χ2v) is 7.23. The van der Waals surface area contributed by atoms with E-state index in [0.717, 1.165) is 42.1 Å². The number of hydrogen-bond acceptors (Lipinski definition) is 3. The molecule has 2 N–H and O–H groups in total. The van der Waals surface area contributed by atoms with Crippen molar-refractivity contribution in [2.75, 3.05) is 32.6 Å². The molecule has 1 aliphatic heterocycles. The number of hydrogen-bond donors (Lipinski definition) is 2. The number of amides is 1. The highest BCUT2D eigenvalue weighted by Crippen LogP contribution is 2.31. The summed E-state index contributed by atoms with van der Waals surface area (Å²) >= 11 is 0. The molecule has 1 heterocycles. The van der Waals surface area contributed by atoms with Gasteiger partial charge in [0, 0.05) is 24.6 Å². The van der Waals surface area contributed by atoms with Crippen LogP contribution in [0.2, 0.25) is 0 Å². The average molecular weight is 369 g/mol. The lowest BCUT2D eigenvalue weighted by atomic mass is 10.0. The lowest BCUT2D eigenvalue weighted by Gasteiger charge is -2.23. The number of carbonyl (C=O) groups excluding carboxylic acids is 1. The molecule has 2 atom stereocenters. The molecule has 1 amide bonds. The van der Waals surface area contributed by atoms with Gasteiger partial charge in [0.15, 0.2) is 6.54 Å². The van der Waals surface area contributed by atoms with E-state index in [1.165, 1.54) is 16.0 Å². The first-order valence-corrected chi connectivity index (χ1v) is 9.45. The van der Waals surface area contributed by atoms with Crippen LogP contribution in [0.4, 0.5) is 5.69 Å². The van der Waals surface area contributed by atoms with Crippen molar-refractivity contribution in [1.29, 1.82) is 0 Å². The molecule has 1 aliphatic rings. The SMILES string of the molecule is COc1ccc([C@@H]2CCC[NH+]2CC(=O)Nc2ccc(C)c(C)c2)c(OC)c1. The van der Waals surface area contributed by atoms with E-state index in [-0.39, 0.29) is 11.9 Å². The topological polar surface area (TPSA) is 52.0 Å². The molecule has 0 saturated carbocycles. The summed E-state index contributed by atoms with van der Waals surface area (Å²) in [4.78, 5) is 13.9. The van der Waals surface area contributed by atoms with Crippen LogP contribution in [0.1, 0.15) is 35.6 Å². The maximum Gasteiger partial charge on any atom is 0.279 e. The summed E-state index contributed by atoms with van der Waals surface area (Å²) < 4.78 is 10.9. The number of benzene rings is 2. The molecule has 0 aliphatic carbocycles. The van der Waals surface area contributed by atoms with E-state index in [1.807, 2.05) is 30.3 Å². The van der Waals surface area contributed by atoms with Crippen LogP contribution < -0.4 is 19.7 Å². The number of quaternary nitrogens is 1. The first-order chi connectivity index (χ1) is 13.0. The van der Waals surface area contributed by atoms with Crippen molar-refractivity contribution >= 4 is 11.6 Å². The Labute approximate surface area is 161 Å². The minimum absolute atomic E-state index is 0.0487. The maximum atomic E-state index is 12.6. The molecule has 5 nitrogen and oxygen atoms in total. The number of anilines is 1. The van der Waals surface area contributed by atoms with Crippen molar-refractivity contribution in [3.63, 3.8) is 0 Å². The second-order valence-electron chi connectivity index (χ2n) is 7.23. The number of carbonyl (C=O) groups is 1. The zero-order valence-electron chi connectivity index (χ0n) is 16.6. The summed E-state index contributed by atoms with van der Waals surface area (Å²) in [5.41, 5.74) is 4.41. The molecule has 1 unspecified atom stereocenters. The van der Waals surface area contributed by atoms with Crippen molar-refractivity contribution in [2.45, 2.75) is 32.7 Å². The van der Waals surface area contributed by atoms with E-state index in [4.69, 9.17) is 9.47 Å². The maximum absolute atomic E-state index is 12.6. The van der Waals surface area contributed by atoms with Crippen LogP contribution in [-0.2, 0) is 4.79 Å². The van der Waals surface area contributed by atoms with Gasteiger partial charge in [0.1, 0.15) is 17.5 Å². The van der Waals surface area contributed by atoms with Gasteiger partial charge in [-0.1, -0.05) is 6.07 Å². The predicted octanol–water partition coefficient (Wildman–Crippen LogP) is 2.68. The highest BCUT2D eigenvalue weighted by atomic mass is 16.5. The van der Waals surface area contributed by atoms with Gasteiger partial charge in [-0.15, -0.1) is 0 Å². The van der Waals surface area contributed by atoms with Crippen LogP contribution in [0.5, 0.6) is 11.5 Å². The summed E-state index contributed by atoms with van der Waals surface area (Å²) in [7, 11) is 3.33. The monoisotopic (exact) mass is 369 g/mol. The Morgan fingerprint density at radius 3 is 2.63 bits per heavy atom. The average Bonchev–Trinajstić information content (AvgIpc) is 3.11. The normalized spacial score (nSPS) is 19.0. The third-order valence-corrected chi connectivity index (χ3v) is 5.48. The first-order valence-electron chi connectivity index (χ1n) is 9.45. The number of nitrogens with one attached hydrogen (secondary N) is 2. The lowest BCUT2D eigenvalue weighted by molar-refractivity contribution is -0.910. The van der Waals surface area contributed by atoms with Crippen LogP contribution in [-0.4, -0.2) is 33.2 Å². The van der Waals surface area contributed by atoms with Crippen molar-refractivity contribution in [3.05, 3.63) is 53.1 Å². The Morgan fingerprint density at radius 1 is 1.11 bits per heavy atom. The van der Waals surface area contributed by atoms with Gasteiger partial charge >= 0.3 is 0 Å². The Bertz CT molecular complexity index is 819. The third kappa shape index (κ3) is 4.42. The van der Waals surface area contributed by atoms with Crippen LogP contribution in [0.15, 0.2) is 36.4 Å². The van der Waals surface area contributed by atoms with Gasteiger partial charge in [-0.25, -0.2) is 0 Å². The fraction of sp³-hybridized carbons (Fsp3) is 0.409. The lowest BCUT2D eigenvalue weighted by Crippen LogP contribution is -3.11. The molecular weight excluding hydrogens is 340 g/mol. The summed E-state index contributed by atoms with van der Waals surface area (Å²) in [6.45, 7) is 5.57. The van der Waals surface area contributed by atoms with E-state index in [9.17, 15) is 4.79 Å². The standard InChI is InChI=1S/C22H28N2O3/c1-15-7-8-17(12-16(15)2)23-22(25)14-24-11-5-6-20(24)19-10-9-18(26-3)13-21(19)27-4/h7-10,12-13,20H,5-6,11,14H2,1-4H3,(H,23,25)/p+1/t20-/m0/s1. The largest absolute Gasteiger partial charge is 0.497 e. The smallest absolute Gasteiger partial charge is 0.279 e. The number of rotatable bonds is 6. The molecule has 27 heavy (non-hydrogen) atoms. The van der Waals surface area contributed by atoms with Gasteiger partial charge in [-0.3, -0.25) is 4.79 Å². The summed E-state index contributed by atoms with van der Waals surface area (Å²) in [5, 5.41) is 3.04. The fourth-order valence-corrected chi connectivity index (χ4v) is 3.84. The van der Waals surface area contributed by atoms with Gasteiger partial charge in [0.05, 0.1) is 26.3 Å². The van der Waals surface area contributed by atoms with Gasteiger partial charge in [-0.2, -0.15) is 0 Å². The van der Waals surface area contributed by atoms with Crippen LogP contribution in [0.25, 0.3) is 0 Å². The minimum atomic E-state index is 0.0487. The van der Waals surface area contributed by atoms with E-state index in [1.54, 1.807) is 14.2 Å². The van der Waals surface area contributed by atoms with Gasteiger partial charge < -0.3 is 19.7 Å². The van der Waals surface area contributed by atoms with Crippen LogP contribution in [0.3, 0.4) is 0 Å². The van der Waals surface area contributed by atoms with Crippen molar-refractivity contribution in [1.82, 2.24) is 0 Å². The molecule has 3 rings (SSSR count). The Morgan fingerprint density at radius 2 is 1.93 bits per heavy atom. The number of likely N-dealkylation sites (tertiary alicyclic amines) is 1. The van der Waals surface area contributed by atoms with Crippen molar-refractivity contribution < 1.29 is 19.2 Å². The fourth-order valence-electron chi connectivity index (χ4n) is 3.84. The number of aryl methyl sites for hydroxylation is 2. The molecule has 0 radical (unpaired) electrons. The third-order valence-electron chi connectivity index (χ3n) is 5.48. The van der Waals surface area contributed by atoms with Crippen LogP contribution >= 0.6 is 0 Å². The minimum Gasteiger partial charge on any atom is -0.497 e. The Hall–Kier alpha value is -2.53. The number of ether oxygens (including phenoxy) is 2. The van der Waals surface area contributed by atoms with E-state index < -0.39 is 0 Å². The summed E-state index contributed by atoms with van der Waals surface area (Å²) in [5.74, 6) is 1.66. The molecule has 0 spiro atoms. The predicted molar refractivity (Wildman–Crippen MR) is 107 cm³/mol. The second kappa shape index (κ2) is 8.44. The van der Waals surface area contributed by atoms with Crippen molar-refractivity contribution in [3.8, 4) is 11.5 Å². The summed E-state index contributed by atoms with van der Waals surface area (Å²) in [6, 6.07) is 12.2. The molecule has 144 valence electrons. The molecule has 0 bridgehead atoms. The molecule has 5 heteroatoms. The van der Waals surface area contributed by atoms with E-state index in [0.29, 0.717) is 6.54 Å². The van der Waals surface area contributed by atoms with Crippen molar-refractivity contribution in [2.24, 2.45) is 0 Å². The zero-order chi connectivity index (χ0) is 19.4. The summed E-state index contributed by atoms with van der Waals surface area (Å²) in [6.07, 6.45) is 2.15. The van der Waals surface area contributed by atoms with Gasteiger partial charge in [0.2, 0.25) is 0 Å². The molecule has 0 aromatic heterocycles. The molecule has 2 aromatic carbocycles. The first kappa shape index (κ1) is 19.2.